The maximum atomic E-state index is 13.1. The summed E-state index contributed by atoms with van der Waals surface area (Å²) in [4.78, 5) is 27.2. The molecule has 2 amide bonds. The summed E-state index contributed by atoms with van der Waals surface area (Å²) in [5.74, 6) is -0.181. The van der Waals surface area contributed by atoms with E-state index in [0.717, 1.165) is 37.2 Å². The van der Waals surface area contributed by atoms with Gasteiger partial charge in [0.1, 0.15) is 0 Å². The zero-order valence-corrected chi connectivity index (χ0v) is 16.7. The number of hydrogen-bond acceptors (Lipinski definition) is 3. The fourth-order valence-electron chi connectivity index (χ4n) is 3.56. The van der Waals surface area contributed by atoms with E-state index in [1.54, 1.807) is 6.07 Å². The SMILES string of the molecule is CCC(=O)Nc1ccc(N2CCCCC2)c(C(=O)NC(C)c2ccccc2)c1. The van der Waals surface area contributed by atoms with Crippen LogP contribution in [0.4, 0.5) is 11.4 Å². The van der Waals surface area contributed by atoms with E-state index < -0.39 is 0 Å². The van der Waals surface area contributed by atoms with Crippen molar-refractivity contribution in [3.8, 4) is 0 Å². The molecule has 148 valence electrons. The molecule has 1 saturated heterocycles. The number of carbonyl (C=O) groups is 2. The summed E-state index contributed by atoms with van der Waals surface area (Å²) in [7, 11) is 0. The summed E-state index contributed by atoms with van der Waals surface area (Å²) < 4.78 is 0. The van der Waals surface area contributed by atoms with Gasteiger partial charge < -0.3 is 15.5 Å². The van der Waals surface area contributed by atoms with E-state index in [0.29, 0.717) is 17.7 Å². The Morgan fingerprint density at radius 3 is 2.43 bits per heavy atom. The first kappa shape index (κ1) is 19.9. The number of nitrogens with zero attached hydrogens (tertiary/aromatic N) is 1. The van der Waals surface area contributed by atoms with Gasteiger partial charge in [0.15, 0.2) is 0 Å². The molecule has 3 rings (SSSR count). The molecule has 1 aliphatic heterocycles. The third kappa shape index (κ3) is 4.91. The van der Waals surface area contributed by atoms with Crippen molar-refractivity contribution in [2.45, 2.75) is 45.6 Å². The molecule has 2 N–H and O–H groups in total. The molecule has 1 aliphatic rings. The van der Waals surface area contributed by atoms with E-state index in [1.165, 1.54) is 6.42 Å². The Hall–Kier alpha value is -2.82. The molecule has 1 atom stereocenters. The number of rotatable bonds is 6. The molecule has 5 nitrogen and oxygen atoms in total. The zero-order chi connectivity index (χ0) is 19.9. The van der Waals surface area contributed by atoms with Crippen LogP contribution < -0.4 is 15.5 Å². The molecular weight excluding hydrogens is 350 g/mol. The number of piperidine rings is 1. The molecule has 1 unspecified atom stereocenters. The predicted octanol–water partition coefficient (Wildman–Crippen LogP) is 4.52. The Bertz CT molecular complexity index is 814. The van der Waals surface area contributed by atoms with Gasteiger partial charge in [-0.1, -0.05) is 37.3 Å². The lowest BCUT2D eigenvalue weighted by Crippen LogP contribution is -2.33. The Morgan fingerprint density at radius 2 is 1.75 bits per heavy atom. The maximum absolute atomic E-state index is 13.1. The van der Waals surface area contributed by atoms with E-state index in [4.69, 9.17) is 0 Å². The summed E-state index contributed by atoms with van der Waals surface area (Å²) in [5, 5.41) is 5.97. The normalized spacial score (nSPS) is 15.0. The van der Waals surface area contributed by atoms with E-state index in [1.807, 2.05) is 56.3 Å². The highest BCUT2D eigenvalue weighted by Gasteiger charge is 2.21. The largest absolute Gasteiger partial charge is 0.371 e. The first-order chi connectivity index (χ1) is 13.6. The molecular formula is C23H29N3O2. The van der Waals surface area contributed by atoms with Crippen molar-refractivity contribution in [3.63, 3.8) is 0 Å². The fourth-order valence-corrected chi connectivity index (χ4v) is 3.56. The van der Waals surface area contributed by atoms with Crippen LogP contribution in [0.3, 0.4) is 0 Å². The molecule has 2 aromatic rings. The summed E-state index contributed by atoms with van der Waals surface area (Å²) in [6.45, 7) is 5.70. The Balaban J connectivity index is 1.86. The fraction of sp³-hybridized carbons (Fsp3) is 0.391. The molecule has 0 bridgehead atoms. The Morgan fingerprint density at radius 1 is 1.04 bits per heavy atom. The quantitative estimate of drug-likeness (QED) is 0.776. The minimum Gasteiger partial charge on any atom is -0.371 e. The highest BCUT2D eigenvalue weighted by atomic mass is 16.2. The van der Waals surface area contributed by atoms with Crippen molar-refractivity contribution in [3.05, 3.63) is 59.7 Å². The maximum Gasteiger partial charge on any atom is 0.253 e. The van der Waals surface area contributed by atoms with Gasteiger partial charge in [0.05, 0.1) is 11.6 Å². The molecule has 28 heavy (non-hydrogen) atoms. The molecule has 5 heteroatoms. The van der Waals surface area contributed by atoms with Gasteiger partial charge >= 0.3 is 0 Å². The molecule has 1 fully saturated rings. The van der Waals surface area contributed by atoms with Gasteiger partial charge in [-0.25, -0.2) is 0 Å². The third-order valence-corrected chi connectivity index (χ3v) is 5.19. The summed E-state index contributed by atoms with van der Waals surface area (Å²) in [6, 6.07) is 15.5. The van der Waals surface area contributed by atoms with Crippen LogP contribution in [0.2, 0.25) is 0 Å². The minimum atomic E-state index is -0.121. The second kappa shape index (κ2) is 9.40. The Kier molecular flexibility index (Phi) is 6.69. The smallest absolute Gasteiger partial charge is 0.253 e. The lowest BCUT2D eigenvalue weighted by Gasteiger charge is -2.31. The first-order valence-electron chi connectivity index (χ1n) is 10.1. The van der Waals surface area contributed by atoms with E-state index in [2.05, 4.69) is 15.5 Å². The minimum absolute atomic E-state index is 0.0604. The van der Waals surface area contributed by atoms with Gasteiger partial charge in [0, 0.05) is 30.9 Å². The van der Waals surface area contributed by atoms with E-state index in [9.17, 15) is 9.59 Å². The van der Waals surface area contributed by atoms with Crippen molar-refractivity contribution >= 4 is 23.2 Å². The number of nitrogens with one attached hydrogen (secondary N) is 2. The van der Waals surface area contributed by atoms with Gasteiger partial charge in [-0.15, -0.1) is 0 Å². The summed E-state index contributed by atoms with van der Waals surface area (Å²) >= 11 is 0. The third-order valence-electron chi connectivity index (χ3n) is 5.19. The molecule has 0 aliphatic carbocycles. The number of amides is 2. The van der Waals surface area contributed by atoms with E-state index >= 15 is 0 Å². The molecule has 0 aromatic heterocycles. The van der Waals surface area contributed by atoms with Gasteiger partial charge in [-0.05, 0) is 49.9 Å². The number of carbonyl (C=O) groups excluding carboxylic acids is 2. The number of benzene rings is 2. The van der Waals surface area contributed by atoms with Crippen LogP contribution in [0, 0.1) is 0 Å². The van der Waals surface area contributed by atoms with Gasteiger partial charge in [-0.2, -0.15) is 0 Å². The van der Waals surface area contributed by atoms with Crippen LogP contribution in [-0.4, -0.2) is 24.9 Å². The zero-order valence-electron chi connectivity index (χ0n) is 16.7. The lowest BCUT2D eigenvalue weighted by atomic mass is 10.0. The van der Waals surface area contributed by atoms with Gasteiger partial charge in [-0.3, -0.25) is 9.59 Å². The average molecular weight is 380 g/mol. The van der Waals surface area contributed by atoms with Crippen LogP contribution in [0.25, 0.3) is 0 Å². The van der Waals surface area contributed by atoms with Crippen LogP contribution in [-0.2, 0) is 4.79 Å². The topological polar surface area (TPSA) is 61.4 Å². The Labute approximate surface area is 167 Å². The average Bonchev–Trinajstić information content (AvgIpc) is 2.74. The molecule has 0 spiro atoms. The molecule has 0 saturated carbocycles. The molecule has 0 radical (unpaired) electrons. The van der Waals surface area contributed by atoms with E-state index in [-0.39, 0.29) is 17.9 Å². The van der Waals surface area contributed by atoms with Crippen molar-refractivity contribution in [1.82, 2.24) is 5.32 Å². The second-order valence-corrected chi connectivity index (χ2v) is 7.29. The lowest BCUT2D eigenvalue weighted by molar-refractivity contribution is -0.115. The van der Waals surface area contributed by atoms with Crippen LogP contribution in [0.5, 0.6) is 0 Å². The predicted molar refractivity (Wildman–Crippen MR) is 114 cm³/mol. The van der Waals surface area contributed by atoms with Crippen LogP contribution in [0.15, 0.2) is 48.5 Å². The molecule has 1 heterocycles. The van der Waals surface area contributed by atoms with Crippen molar-refractivity contribution in [2.24, 2.45) is 0 Å². The van der Waals surface area contributed by atoms with Crippen LogP contribution in [0.1, 0.15) is 61.5 Å². The van der Waals surface area contributed by atoms with Gasteiger partial charge in [0.25, 0.3) is 5.91 Å². The summed E-state index contributed by atoms with van der Waals surface area (Å²) in [6.07, 6.45) is 3.90. The monoisotopic (exact) mass is 379 g/mol. The first-order valence-corrected chi connectivity index (χ1v) is 10.1. The van der Waals surface area contributed by atoms with Crippen molar-refractivity contribution in [1.29, 1.82) is 0 Å². The standard InChI is InChI=1S/C23H29N3O2/c1-3-22(27)25-19-12-13-21(26-14-8-5-9-15-26)20(16-19)23(28)24-17(2)18-10-6-4-7-11-18/h4,6-7,10-13,16-17H,3,5,8-9,14-15H2,1-2H3,(H,24,28)(H,25,27). The number of hydrogen-bond donors (Lipinski definition) is 2. The van der Waals surface area contributed by atoms with Crippen molar-refractivity contribution in [2.75, 3.05) is 23.3 Å². The number of anilines is 2. The van der Waals surface area contributed by atoms with Crippen molar-refractivity contribution < 1.29 is 9.59 Å². The highest BCUT2D eigenvalue weighted by molar-refractivity contribution is 6.02. The molecule has 2 aromatic carbocycles. The summed E-state index contributed by atoms with van der Waals surface area (Å²) in [5.41, 5.74) is 3.27. The van der Waals surface area contributed by atoms with Crippen LogP contribution >= 0.6 is 0 Å². The highest BCUT2D eigenvalue weighted by Crippen LogP contribution is 2.28. The van der Waals surface area contributed by atoms with Gasteiger partial charge in [0.2, 0.25) is 5.91 Å². The second-order valence-electron chi connectivity index (χ2n) is 7.29.